The Labute approximate surface area is 177 Å². The molecule has 1 unspecified atom stereocenters. The number of benzene rings is 1. The zero-order valence-electron chi connectivity index (χ0n) is 14.2. The van der Waals surface area contributed by atoms with E-state index in [0.29, 0.717) is 0 Å². The Bertz CT molecular complexity index is 651. The molecule has 0 aliphatic carbocycles. The van der Waals surface area contributed by atoms with Crippen molar-refractivity contribution in [3.05, 3.63) is 27.8 Å². The number of rotatable bonds is 11. The minimum absolute atomic E-state index is 0. The SMILES string of the molecule is COc1cc(C(COCC(=O)O)OCC(=O)O)c([N+](=O)[O-])cc1OC.[Ca]. The molecule has 1 rings (SSSR count). The second-order valence-electron chi connectivity index (χ2n) is 4.63. The molecule has 26 heavy (non-hydrogen) atoms. The summed E-state index contributed by atoms with van der Waals surface area (Å²) in [4.78, 5) is 31.9. The molecule has 0 heterocycles. The van der Waals surface area contributed by atoms with Crippen LogP contribution in [0.25, 0.3) is 0 Å². The molecule has 1 aromatic carbocycles. The number of ether oxygens (including phenoxy) is 4. The van der Waals surface area contributed by atoms with Gasteiger partial charge in [-0.2, -0.15) is 0 Å². The van der Waals surface area contributed by atoms with E-state index in [4.69, 9.17) is 29.2 Å². The van der Waals surface area contributed by atoms with Crippen LogP contribution in [-0.4, -0.2) is 98.9 Å². The maximum atomic E-state index is 11.3. The number of hydrogen-bond donors (Lipinski definition) is 2. The summed E-state index contributed by atoms with van der Waals surface area (Å²) in [6.07, 6.45) is -1.20. The topological polar surface area (TPSA) is 155 Å². The zero-order chi connectivity index (χ0) is 19.0. The molecule has 1 atom stereocenters. The summed E-state index contributed by atoms with van der Waals surface area (Å²) in [5.41, 5.74) is -0.443. The number of nitrogens with zero attached hydrogens (tertiary/aromatic N) is 1. The first-order valence-electron chi connectivity index (χ1n) is 6.83. The molecule has 0 aliphatic rings. The van der Waals surface area contributed by atoms with Gasteiger partial charge in [0.1, 0.15) is 19.3 Å². The monoisotopic (exact) mass is 399 g/mol. The van der Waals surface area contributed by atoms with Crippen molar-refractivity contribution in [3.63, 3.8) is 0 Å². The zero-order valence-corrected chi connectivity index (χ0v) is 16.4. The first kappa shape index (κ1) is 24.3. The third-order valence-electron chi connectivity index (χ3n) is 2.98. The van der Waals surface area contributed by atoms with Crippen molar-refractivity contribution in [2.75, 3.05) is 34.0 Å². The average Bonchev–Trinajstić information content (AvgIpc) is 2.56. The van der Waals surface area contributed by atoms with Crippen molar-refractivity contribution in [1.82, 2.24) is 0 Å². The minimum Gasteiger partial charge on any atom is -0.493 e. The normalized spacial score (nSPS) is 11.2. The maximum absolute atomic E-state index is 11.3. The number of nitro groups is 1. The fourth-order valence-corrected chi connectivity index (χ4v) is 1.95. The fraction of sp³-hybridized carbons (Fsp3) is 0.429. The van der Waals surface area contributed by atoms with Gasteiger partial charge in [0.2, 0.25) is 0 Å². The number of carboxylic acid groups (broad SMARTS) is 2. The Morgan fingerprint density at radius 3 is 2.12 bits per heavy atom. The van der Waals surface area contributed by atoms with E-state index in [9.17, 15) is 19.7 Å². The summed E-state index contributed by atoms with van der Waals surface area (Å²) in [6.45, 7) is -1.84. The third-order valence-corrected chi connectivity index (χ3v) is 2.98. The molecule has 0 saturated heterocycles. The van der Waals surface area contributed by atoms with E-state index in [1.165, 1.54) is 20.3 Å². The van der Waals surface area contributed by atoms with Crippen molar-refractivity contribution < 1.29 is 43.7 Å². The number of hydrogen-bond acceptors (Lipinski definition) is 8. The molecule has 11 nitrogen and oxygen atoms in total. The number of methoxy groups -OCH3 is 2. The van der Waals surface area contributed by atoms with Crippen LogP contribution in [0.15, 0.2) is 12.1 Å². The molecule has 0 aliphatic heterocycles. The van der Waals surface area contributed by atoms with Gasteiger partial charge >= 0.3 is 11.9 Å². The first-order chi connectivity index (χ1) is 11.8. The molecule has 2 N–H and O–H groups in total. The second-order valence-corrected chi connectivity index (χ2v) is 4.63. The van der Waals surface area contributed by atoms with Gasteiger partial charge in [0.15, 0.2) is 11.5 Å². The molecule has 12 heteroatoms. The van der Waals surface area contributed by atoms with E-state index in [0.717, 1.165) is 6.07 Å². The first-order valence-corrected chi connectivity index (χ1v) is 6.83. The average molecular weight is 399 g/mol. The van der Waals surface area contributed by atoms with Crippen LogP contribution in [0.4, 0.5) is 5.69 Å². The van der Waals surface area contributed by atoms with Crippen LogP contribution in [0, 0.1) is 10.1 Å². The molecule has 0 saturated carbocycles. The standard InChI is InChI=1S/C14H17NO10.Ca/c1-22-10-3-8(9(15(20)21)4-11(10)23-2)12(25-7-14(18)19)5-24-6-13(16)17;/h3-4,12H,5-7H2,1-2H3,(H,16,17)(H,18,19);. The summed E-state index contributed by atoms with van der Waals surface area (Å²) >= 11 is 0. The van der Waals surface area contributed by atoms with Crippen LogP contribution in [-0.2, 0) is 19.1 Å². The largest absolute Gasteiger partial charge is 0.493 e. The summed E-state index contributed by atoms with van der Waals surface area (Å²) in [5.74, 6) is -2.29. The Hall–Kier alpha value is -1.66. The van der Waals surface area contributed by atoms with E-state index in [2.05, 4.69) is 0 Å². The van der Waals surface area contributed by atoms with Gasteiger partial charge in [-0.3, -0.25) is 10.1 Å². The van der Waals surface area contributed by atoms with Gasteiger partial charge in [0.05, 0.1) is 37.4 Å². The molecule has 0 bridgehead atoms. The van der Waals surface area contributed by atoms with E-state index >= 15 is 0 Å². The predicted octanol–water partition coefficient (Wildman–Crippen LogP) is 0.475. The quantitative estimate of drug-likeness (QED) is 0.305. The van der Waals surface area contributed by atoms with Gasteiger partial charge in [-0.05, 0) is 6.07 Å². The van der Waals surface area contributed by atoms with Crippen molar-refractivity contribution in [2.45, 2.75) is 6.10 Å². The van der Waals surface area contributed by atoms with Crippen molar-refractivity contribution in [2.24, 2.45) is 0 Å². The van der Waals surface area contributed by atoms with Crippen LogP contribution < -0.4 is 9.47 Å². The van der Waals surface area contributed by atoms with Gasteiger partial charge in [-0.15, -0.1) is 0 Å². The number of carbonyl (C=O) groups is 2. The van der Waals surface area contributed by atoms with Gasteiger partial charge < -0.3 is 29.2 Å². The molecule has 140 valence electrons. The molecule has 0 spiro atoms. The van der Waals surface area contributed by atoms with Crippen LogP contribution in [0.1, 0.15) is 11.7 Å². The van der Waals surface area contributed by atoms with Gasteiger partial charge in [-0.1, -0.05) is 0 Å². The van der Waals surface area contributed by atoms with Crippen LogP contribution >= 0.6 is 0 Å². The van der Waals surface area contributed by atoms with E-state index in [1.807, 2.05) is 0 Å². The van der Waals surface area contributed by atoms with Gasteiger partial charge in [0.25, 0.3) is 5.69 Å². The Kier molecular flexibility index (Phi) is 11.1. The number of aliphatic carboxylic acids is 2. The van der Waals surface area contributed by atoms with E-state index in [1.54, 1.807) is 0 Å². The Morgan fingerprint density at radius 1 is 1.12 bits per heavy atom. The van der Waals surface area contributed by atoms with Crippen molar-refractivity contribution in [3.8, 4) is 11.5 Å². The predicted molar refractivity (Wildman–Crippen MR) is 86.7 cm³/mol. The molecular weight excluding hydrogens is 382 g/mol. The molecule has 0 fully saturated rings. The fourth-order valence-electron chi connectivity index (χ4n) is 1.95. The van der Waals surface area contributed by atoms with E-state index in [-0.39, 0.29) is 54.8 Å². The number of nitro benzene ring substituents is 1. The van der Waals surface area contributed by atoms with Crippen molar-refractivity contribution >= 4 is 55.4 Å². The molecule has 2 radical (unpaired) electrons. The minimum atomic E-state index is -1.30. The summed E-state index contributed by atoms with van der Waals surface area (Å²) in [6, 6.07) is 2.36. The number of carboxylic acids is 2. The van der Waals surface area contributed by atoms with Gasteiger partial charge in [-0.25, -0.2) is 9.59 Å². The van der Waals surface area contributed by atoms with Gasteiger partial charge in [0, 0.05) is 37.7 Å². The maximum Gasteiger partial charge on any atom is 0.329 e. The second kappa shape index (κ2) is 11.9. The molecule has 1 aromatic rings. The summed E-state index contributed by atoms with van der Waals surface area (Å²) in [7, 11) is 2.62. The summed E-state index contributed by atoms with van der Waals surface area (Å²) in [5, 5.41) is 28.7. The Balaban J connectivity index is 0.00000625. The molecule has 0 amide bonds. The van der Waals surface area contributed by atoms with Crippen molar-refractivity contribution in [1.29, 1.82) is 0 Å². The molecular formula is C14H17CaNO10. The van der Waals surface area contributed by atoms with E-state index < -0.39 is 48.5 Å². The Morgan fingerprint density at radius 2 is 1.65 bits per heavy atom. The summed E-state index contributed by atoms with van der Waals surface area (Å²) < 4.78 is 20.1. The van der Waals surface area contributed by atoms with Crippen LogP contribution in [0.3, 0.4) is 0 Å². The van der Waals surface area contributed by atoms with Crippen LogP contribution in [0.2, 0.25) is 0 Å². The third kappa shape index (κ3) is 7.30. The van der Waals surface area contributed by atoms with Crippen LogP contribution in [0.5, 0.6) is 11.5 Å². The smallest absolute Gasteiger partial charge is 0.329 e. The molecule has 0 aromatic heterocycles.